The Morgan fingerprint density at radius 3 is 2.52 bits per heavy atom. The summed E-state index contributed by atoms with van der Waals surface area (Å²) in [5, 5.41) is 12.7. The second-order valence-corrected chi connectivity index (χ2v) is 12.4. The second-order valence-electron chi connectivity index (χ2n) is 10.4. The number of nitrogens with one attached hydrogen (secondary N) is 1. The zero-order chi connectivity index (χ0) is 30.4. The number of aromatic nitrogens is 1. The number of pyridine rings is 1. The Bertz CT molecular complexity index is 1500. The molecule has 0 saturated heterocycles. The summed E-state index contributed by atoms with van der Waals surface area (Å²) in [5.74, 6) is 0.107. The van der Waals surface area contributed by atoms with Crippen LogP contribution in [0, 0.1) is 5.92 Å². The van der Waals surface area contributed by atoms with Crippen LogP contribution in [0.3, 0.4) is 0 Å². The lowest BCUT2D eigenvalue weighted by atomic mass is 10.0. The zero-order valence-electron chi connectivity index (χ0n) is 24.1. The minimum Gasteiger partial charge on any atom is -0.497 e. The molecule has 1 aliphatic rings. The first-order chi connectivity index (χ1) is 20.0. The first kappa shape index (κ1) is 30.9. The van der Waals surface area contributed by atoms with Gasteiger partial charge in [0.2, 0.25) is 15.9 Å². The van der Waals surface area contributed by atoms with E-state index < -0.39 is 22.2 Å². The number of hydrogen-bond donors (Lipinski definition) is 2. The number of fused-ring (bicyclic) bond motifs is 1. The molecule has 2 aromatic carbocycles. The van der Waals surface area contributed by atoms with Gasteiger partial charge in [-0.05, 0) is 61.5 Å². The van der Waals surface area contributed by atoms with Crippen molar-refractivity contribution in [3.8, 4) is 11.5 Å². The molecule has 0 aliphatic carbocycles. The van der Waals surface area contributed by atoms with E-state index in [-0.39, 0.29) is 48.7 Å². The van der Waals surface area contributed by atoms with Crippen molar-refractivity contribution >= 4 is 27.5 Å². The fourth-order valence-electron chi connectivity index (χ4n) is 4.71. The standard InChI is InChI=1S/C30H36N4O7S/c1-20-17-34(21(2)19-35)29(36)16-23-15-24(32-30(37)22-11-13-31-14-12-22)5-10-27(23)41-28(20)18-33(3)42(38,39)26-8-6-25(40-4)7-9-26/h5-15,20-21,28,35H,16-19H2,1-4H3,(H,32,37)/t20-,21-,28+/m1/s1. The summed E-state index contributed by atoms with van der Waals surface area (Å²) in [7, 11) is -0.868. The Labute approximate surface area is 246 Å². The lowest BCUT2D eigenvalue weighted by Crippen LogP contribution is -2.48. The highest BCUT2D eigenvalue weighted by Gasteiger charge is 2.33. The number of carbonyl (C=O) groups excluding carboxylic acids is 2. The van der Waals surface area contributed by atoms with Gasteiger partial charge in [-0.2, -0.15) is 4.31 Å². The van der Waals surface area contributed by atoms with E-state index in [1.54, 1.807) is 54.3 Å². The number of nitrogens with zero attached hydrogens (tertiary/aromatic N) is 3. The van der Waals surface area contributed by atoms with E-state index in [9.17, 15) is 23.1 Å². The summed E-state index contributed by atoms with van der Waals surface area (Å²) in [6, 6.07) is 13.9. The lowest BCUT2D eigenvalue weighted by molar-refractivity contribution is -0.134. The van der Waals surface area contributed by atoms with Crippen LogP contribution in [-0.4, -0.2) is 85.5 Å². The van der Waals surface area contributed by atoms with Crippen LogP contribution in [-0.2, 0) is 21.2 Å². The van der Waals surface area contributed by atoms with Crippen LogP contribution in [0.25, 0.3) is 0 Å². The molecule has 1 aliphatic heterocycles. The largest absolute Gasteiger partial charge is 0.497 e. The zero-order valence-corrected chi connectivity index (χ0v) is 24.9. The Kier molecular flexibility index (Phi) is 9.81. The second kappa shape index (κ2) is 13.3. The highest BCUT2D eigenvalue weighted by atomic mass is 32.2. The van der Waals surface area contributed by atoms with E-state index in [1.807, 2.05) is 6.92 Å². The third-order valence-electron chi connectivity index (χ3n) is 7.32. The van der Waals surface area contributed by atoms with Crippen molar-refractivity contribution in [1.82, 2.24) is 14.2 Å². The number of anilines is 1. The van der Waals surface area contributed by atoms with Gasteiger partial charge in [-0.3, -0.25) is 14.6 Å². The molecule has 2 amide bonds. The van der Waals surface area contributed by atoms with E-state index in [4.69, 9.17) is 9.47 Å². The molecule has 0 spiro atoms. The molecular weight excluding hydrogens is 560 g/mol. The number of likely N-dealkylation sites (N-methyl/N-ethyl adjacent to an activating group) is 1. The van der Waals surface area contributed by atoms with Gasteiger partial charge in [0.05, 0.1) is 37.6 Å². The van der Waals surface area contributed by atoms with E-state index >= 15 is 0 Å². The lowest BCUT2D eigenvalue weighted by Gasteiger charge is -2.33. The van der Waals surface area contributed by atoms with Gasteiger partial charge >= 0.3 is 0 Å². The number of hydrogen-bond acceptors (Lipinski definition) is 8. The van der Waals surface area contributed by atoms with Gasteiger partial charge < -0.3 is 24.8 Å². The quantitative estimate of drug-likeness (QED) is 0.385. The summed E-state index contributed by atoms with van der Waals surface area (Å²) >= 11 is 0. The molecule has 0 fully saturated rings. The average Bonchev–Trinajstić information content (AvgIpc) is 3.04. The van der Waals surface area contributed by atoms with Crippen LogP contribution in [0.5, 0.6) is 11.5 Å². The number of amides is 2. The van der Waals surface area contributed by atoms with E-state index in [0.717, 1.165) is 0 Å². The predicted molar refractivity (Wildman–Crippen MR) is 157 cm³/mol. The van der Waals surface area contributed by atoms with Crippen LogP contribution in [0.4, 0.5) is 5.69 Å². The van der Waals surface area contributed by atoms with Crippen molar-refractivity contribution in [3.05, 3.63) is 78.1 Å². The Morgan fingerprint density at radius 2 is 1.88 bits per heavy atom. The van der Waals surface area contributed by atoms with Crippen molar-refractivity contribution < 1.29 is 32.6 Å². The molecule has 42 heavy (non-hydrogen) atoms. The van der Waals surface area contributed by atoms with Gasteiger partial charge in [0.1, 0.15) is 17.6 Å². The summed E-state index contributed by atoms with van der Waals surface area (Å²) < 4.78 is 39.6. The molecule has 12 heteroatoms. The van der Waals surface area contributed by atoms with Gasteiger partial charge in [-0.15, -0.1) is 0 Å². The minimum absolute atomic E-state index is 0.00500. The molecule has 11 nitrogen and oxygen atoms in total. The minimum atomic E-state index is -3.86. The van der Waals surface area contributed by atoms with Crippen LogP contribution < -0.4 is 14.8 Å². The molecule has 0 radical (unpaired) electrons. The van der Waals surface area contributed by atoms with Crippen molar-refractivity contribution in [2.75, 3.05) is 39.2 Å². The third kappa shape index (κ3) is 7.07. The van der Waals surface area contributed by atoms with E-state index in [2.05, 4.69) is 10.3 Å². The first-order valence-corrected chi connectivity index (χ1v) is 15.0. The van der Waals surface area contributed by atoms with Crippen molar-refractivity contribution in [3.63, 3.8) is 0 Å². The number of aliphatic hydroxyl groups excluding tert-OH is 1. The molecule has 2 N–H and O–H groups in total. The number of carbonyl (C=O) groups is 2. The molecule has 0 unspecified atom stereocenters. The summed E-state index contributed by atoms with van der Waals surface area (Å²) in [5.41, 5.74) is 1.43. The number of sulfonamides is 1. The maximum atomic E-state index is 13.5. The Morgan fingerprint density at radius 1 is 1.19 bits per heavy atom. The van der Waals surface area contributed by atoms with Gasteiger partial charge in [-0.25, -0.2) is 8.42 Å². The van der Waals surface area contributed by atoms with Gasteiger partial charge in [0.15, 0.2) is 0 Å². The normalized spacial score (nSPS) is 18.2. The van der Waals surface area contributed by atoms with Crippen LogP contribution in [0.2, 0.25) is 0 Å². The molecule has 0 saturated carbocycles. The highest BCUT2D eigenvalue weighted by Crippen LogP contribution is 2.30. The smallest absolute Gasteiger partial charge is 0.255 e. The SMILES string of the molecule is COc1ccc(S(=O)(=O)N(C)C[C@@H]2Oc3ccc(NC(=O)c4ccncc4)cc3CC(=O)N([C@H](C)CO)C[C@H]2C)cc1. The van der Waals surface area contributed by atoms with Crippen LogP contribution >= 0.6 is 0 Å². The number of ether oxygens (including phenoxy) is 2. The topological polar surface area (TPSA) is 138 Å². The molecule has 3 aromatic rings. The van der Waals surface area contributed by atoms with E-state index in [0.29, 0.717) is 28.3 Å². The number of rotatable bonds is 9. The molecule has 1 aromatic heterocycles. The molecule has 2 heterocycles. The number of aliphatic hydroxyl groups is 1. The predicted octanol–water partition coefficient (Wildman–Crippen LogP) is 2.81. The monoisotopic (exact) mass is 596 g/mol. The first-order valence-electron chi connectivity index (χ1n) is 13.5. The fourth-order valence-corrected chi connectivity index (χ4v) is 5.89. The van der Waals surface area contributed by atoms with Crippen molar-refractivity contribution in [1.29, 1.82) is 0 Å². The molecule has 4 rings (SSSR count). The molecular formula is C30H36N4O7S. The maximum Gasteiger partial charge on any atom is 0.255 e. The fraction of sp³-hybridized carbons (Fsp3) is 0.367. The number of methoxy groups -OCH3 is 1. The Balaban J connectivity index is 1.64. The third-order valence-corrected chi connectivity index (χ3v) is 9.16. The summed E-state index contributed by atoms with van der Waals surface area (Å²) in [6.07, 6.45) is 2.38. The molecule has 0 bridgehead atoms. The van der Waals surface area contributed by atoms with Crippen molar-refractivity contribution in [2.45, 2.75) is 37.3 Å². The van der Waals surface area contributed by atoms with Gasteiger partial charge in [0, 0.05) is 48.7 Å². The van der Waals surface area contributed by atoms with Crippen LogP contribution in [0.15, 0.2) is 71.9 Å². The number of benzene rings is 2. The highest BCUT2D eigenvalue weighted by molar-refractivity contribution is 7.89. The Hall–Kier alpha value is -4.00. The molecule has 3 atom stereocenters. The summed E-state index contributed by atoms with van der Waals surface area (Å²) in [6.45, 7) is 3.67. The van der Waals surface area contributed by atoms with E-state index in [1.165, 1.54) is 43.0 Å². The van der Waals surface area contributed by atoms with Crippen molar-refractivity contribution in [2.24, 2.45) is 5.92 Å². The summed E-state index contributed by atoms with van der Waals surface area (Å²) in [4.78, 5) is 31.8. The van der Waals surface area contributed by atoms with Crippen LogP contribution in [0.1, 0.15) is 29.8 Å². The average molecular weight is 597 g/mol. The molecule has 224 valence electrons. The maximum absolute atomic E-state index is 13.5. The van der Waals surface area contributed by atoms with Gasteiger partial charge in [-0.1, -0.05) is 6.92 Å². The van der Waals surface area contributed by atoms with Gasteiger partial charge in [0.25, 0.3) is 5.91 Å².